The van der Waals surface area contributed by atoms with E-state index in [-0.39, 0.29) is 13.2 Å². The molecule has 0 saturated carbocycles. The normalized spacial score (nSPS) is 24.2. The zero-order valence-corrected chi connectivity index (χ0v) is 11.3. The van der Waals surface area contributed by atoms with Gasteiger partial charge in [0, 0.05) is 25.3 Å². The molecule has 5 nitrogen and oxygen atoms in total. The third-order valence-corrected chi connectivity index (χ3v) is 3.57. The number of benzene rings is 1. The minimum Gasteiger partial charge on any atom is -0.497 e. The van der Waals surface area contributed by atoms with E-state index in [9.17, 15) is 10.2 Å². The molecule has 1 aromatic rings. The third-order valence-electron chi connectivity index (χ3n) is 3.57. The van der Waals surface area contributed by atoms with E-state index in [0.29, 0.717) is 13.0 Å². The van der Waals surface area contributed by atoms with E-state index in [1.165, 1.54) is 0 Å². The molecule has 2 rings (SSSR count). The van der Waals surface area contributed by atoms with E-state index >= 15 is 0 Å². The fourth-order valence-corrected chi connectivity index (χ4v) is 2.19. The molecule has 1 aliphatic heterocycles. The van der Waals surface area contributed by atoms with Crippen molar-refractivity contribution in [3.8, 4) is 5.75 Å². The van der Waals surface area contributed by atoms with Gasteiger partial charge in [0.15, 0.2) is 0 Å². The van der Waals surface area contributed by atoms with Crippen molar-refractivity contribution < 1.29 is 19.7 Å². The summed E-state index contributed by atoms with van der Waals surface area (Å²) in [6.45, 7) is 2.93. The van der Waals surface area contributed by atoms with E-state index < -0.39 is 11.7 Å². The molecule has 0 radical (unpaired) electrons. The Bertz CT molecular complexity index is 429. The number of hydrogen-bond acceptors (Lipinski definition) is 5. The first-order chi connectivity index (χ1) is 9.05. The Balaban J connectivity index is 1.95. The fraction of sp³-hybridized carbons (Fsp3) is 0.571. The number of anilines is 1. The number of aliphatic hydroxyl groups is 2. The summed E-state index contributed by atoms with van der Waals surface area (Å²) in [7, 11) is 1.63. The Kier molecular flexibility index (Phi) is 4.29. The van der Waals surface area contributed by atoms with Crippen LogP contribution in [-0.2, 0) is 4.74 Å². The Morgan fingerprint density at radius 2 is 2.32 bits per heavy atom. The maximum atomic E-state index is 10.2. The minimum atomic E-state index is -1.13. The molecule has 1 heterocycles. The molecule has 1 saturated heterocycles. The summed E-state index contributed by atoms with van der Waals surface area (Å²) >= 11 is 0. The van der Waals surface area contributed by atoms with Gasteiger partial charge in [-0.1, -0.05) is 0 Å². The number of hydrogen-bond donors (Lipinski definition) is 3. The summed E-state index contributed by atoms with van der Waals surface area (Å²) in [6, 6.07) is 5.67. The Labute approximate surface area is 113 Å². The highest BCUT2D eigenvalue weighted by Gasteiger charge is 2.39. The topological polar surface area (TPSA) is 71.0 Å². The maximum absolute atomic E-state index is 10.2. The number of rotatable bonds is 5. The average Bonchev–Trinajstić information content (AvgIpc) is 2.85. The average molecular weight is 267 g/mol. The van der Waals surface area contributed by atoms with Crippen molar-refractivity contribution in [3.05, 3.63) is 23.8 Å². The van der Waals surface area contributed by atoms with Gasteiger partial charge in [-0.3, -0.25) is 0 Å². The van der Waals surface area contributed by atoms with E-state index in [0.717, 1.165) is 17.0 Å². The highest BCUT2D eigenvalue weighted by atomic mass is 16.5. The molecule has 0 aromatic heterocycles. The van der Waals surface area contributed by atoms with Gasteiger partial charge in [0.2, 0.25) is 0 Å². The zero-order chi connectivity index (χ0) is 13.9. The summed E-state index contributed by atoms with van der Waals surface area (Å²) in [4.78, 5) is 0. The first-order valence-corrected chi connectivity index (χ1v) is 6.42. The molecule has 1 aliphatic rings. The van der Waals surface area contributed by atoms with Crippen LogP contribution in [-0.4, -0.2) is 48.8 Å². The van der Waals surface area contributed by atoms with Gasteiger partial charge in [-0.25, -0.2) is 0 Å². The Morgan fingerprint density at radius 3 is 2.89 bits per heavy atom. The third kappa shape index (κ3) is 3.18. The smallest absolute Gasteiger partial charge is 0.119 e. The monoisotopic (exact) mass is 267 g/mol. The molecule has 0 aliphatic carbocycles. The number of aliphatic hydroxyl groups excluding tert-OH is 1. The summed E-state index contributed by atoms with van der Waals surface area (Å²) in [5.41, 5.74) is 0.816. The molecule has 5 heteroatoms. The van der Waals surface area contributed by atoms with Gasteiger partial charge < -0.3 is 25.0 Å². The van der Waals surface area contributed by atoms with Gasteiger partial charge in [-0.05, 0) is 30.7 Å². The largest absolute Gasteiger partial charge is 0.497 e. The number of ether oxygens (including phenoxy) is 2. The molecular formula is C14H21NO4. The molecular weight excluding hydrogens is 246 g/mol. The van der Waals surface area contributed by atoms with Crippen LogP contribution in [0.1, 0.15) is 12.0 Å². The molecule has 0 spiro atoms. The molecule has 2 unspecified atom stereocenters. The predicted molar refractivity (Wildman–Crippen MR) is 72.6 cm³/mol. The maximum Gasteiger partial charge on any atom is 0.119 e. The lowest BCUT2D eigenvalue weighted by Crippen LogP contribution is -2.46. The van der Waals surface area contributed by atoms with Crippen LogP contribution in [0.3, 0.4) is 0 Å². The van der Waals surface area contributed by atoms with Crippen molar-refractivity contribution in [3.63, 3.8) is 0 Å². The van der Waals surface area contributed by atoms with Crippen molar-refractivity contribution in [2.24, 2.45) is 0 Å². The molecule has 106 valence electrons. The summed E-state index contributed by atoms with van der Waals surface area (Å²) < 4.78 is 10.3. The van der Waals surface area contributed by atoms with Crippen molar-refractivity contribution in [1.29, 1.82) is 0 Å². The SMILES string of the molecule is COc1ccc(NCC(O)C2(O)CCOC2)c(C)c1. The van der Waals surface area contributed by atoms with Gasteiger partial charge in [-0.2, -0.15) is 0 Å². The van der Waals surface area contributed by atoms with E-state index in [4.69, 9.17) is 9.47 Å². The molecule has 2 atom stereocenters. The van der Waals surface area contributed by atoms with Gasteiger partial charge in [0.1, 0.15) is 17.5 Å². The second kappa shape index (κ2) is 5.77. The summed E-state index contributed by atoms with van der Waals surface area (Å²) in [6.07, 6.45) is -0.381. The molecule has 0 bridgehead atoms. The number of methoxy groups -OCH3 is 1. The first kappa shape index (κ1) is 14.1. The van der Waals surface area contributed by atoms with Crippen LogP contribution >= 0.6 is 0 Å². The van der Waals surface area contributed by atoms with Crippen molar-refractivity contribution in [2.45, 2.75) is 25.0 Å². The van der Waals surface area contributed by atoms with Gasteiger partial charge in [0.25, 0.3) is 0 Å². The van der Waals surface area contributed by atoms with Crippen LogP contribution in [0.2, 0.25) is 0 Å². The first-order valence-electron chi connectivity index (χ1n) is 6.42. The molecule has 0 amide bonds. The molecule has 3 N–H and O–H groups in total. The van der Waals surface area contributed by atoms with Crippen molar-refractivity contribution in [1.82, 2.24) is 0 Å². The van der Waals surface area contributed by atoms with E-state index in [1.807, 2.05) is 25.1 Å². The number of nitrogens with one attached hydrogen (secondary N) is 1. The van der Waals surface area contributed by atoms with Crippen LogP contribution in [0.5, 0.6) is 5.75 Å². The quantitative estimate of drug-likeness (QED) is 0.740. The van der Waals surface area contributed by atoms with E-state index in [1.54, 1.807) is 7.11 Å². The second-order valence-corrected chi connectivity index (χ2v) is 4.98. The van der Waals surface area contributed by atoms with Gasteiger partial charge in [0.05, 0.1) is 13.7 Å². The Morgan fingerprint density at radius 1 is 1.53 bits per heavy atom. The van der Waals surface area contributed by atoms with Crippen molar-refractivity contribution >= 4 is 5.69 Å². The summed E-state index contributed by atoms with van der Waals surface area (Å²) in [5.74, 6) is 0.798. The van der Waals surface area contributed by atoms with Crippen molar-refractivity contribution in [2.75, 3.05) is 32.2 Å². The van der Waals surface area contributed by atoms with Gasteiger partial charge in [-0.15, -0.1) is 0 Å². The van der Waals surface area contributed by atoms with Crippen LogP contribution in [0.25, 0.3) is 0 Å². The highest BCUT2D eigenvalue weighted by molar-refractivity contribution is 5.53. The van der Waals surface area contributed by atoms with Gasteiger partial charge >= 0.3 is 0 Å². The van der Waals surface area contributed by atoms with E-state index in [2.05, 4.69) is 5.32 Å². The number of aryl methyl sites for hydroxylation is 1. The minimum absolute atomic E-state index is 0.192. The lowest BCUT2D eigenvalue weighted by molar-refractivity contribution is -0.0699. The standard InChI is InChI=1S/C14H21NO4/c1-10-7-11(18-2)3-4-12(10)15-8-13(16)14(17)5-6-19-9-14/h3-4,7,13,15-17H,5-6,8-9H2,1-2H3. The molecule has 1 aromatic carbocycles. The predicted octanol–water partition coefficient (Wildman–Crippen LogP) is 0.928. The fourth-order valence-electron chi connectivity index (χ4n) is 2.19. The van der Waals surface area contributed by atoms with Crippen LogP contribution in [0.15, 0.2) is 18.2 Å². The zero-order valence-electron chi connectivity index (χ0n) is 11.3. The molecule has 1 fully saturated rings. The van der Waals surface area contributed by atoms with Crippen LogP contribution < -0.4 is 10.1 Å². The van der Waals surface area contributed by atoms with Crippen LogP contribution in [0, 0.1) is 6.92 Å². The second-order valence-electron chi connectivity index (χ2n) is 4.98. The molecule has 19 heavy (non-hydrogen) atoms. The lowest BCUT2D eigenvalue weighted by atomic mass is 9.96. The Hall–Kier alpha value is -1.30. The van der Waals surface area contributed by atoms with Crippen LogP contribution in [0.4, 0.5) is 5.69 Å². The lowest BCUT2D eigenvalue weighted by Gasteiger charge is -2.27. The highest BCUT2D eigenvalue weighted by Crippen LogP contribution is 2.24. The summed E-state index contributed by atoms with van der Waals surface area (Å²) in [5, 5.41) is 23.3.